The molecule has 98 valence electrons. The van der Waals surface area contributed by atoms with Crippen molar-refractivity contribution < 1.29 is 4.79 Å². The molecule has 5 heteroatoms. The monoisotopic (exact) mass is 275 g/mol. The van der Waals surface area contributed by atoms with Crippen molar-refractivity contribution in [1.82, 2.24) is 9.78 Å². The smallest absolute Gasteiger partial charge is 0.226 e. The first-order valence-corrected chi connectivity index (χ1v) is 6.53. The second kappa shape index (κ2) is 4.38. The fraction of sp³-hybridized carbons (Fsp3) is 0.286. The Labute approximate surface area is 116 Å². The first-order valence-electron chi connectivity index (χ1n) is 6.15. The standard InChI is InChI=1S/C14H14ClN3O/c1-8-13-11(9-4-3-5-10(15)6-9)7-12(19)16-14(13)18(2)17-8/h3-6,11H,7H2,1-2H3,(H,16,19). The molecule has 1 N–H and O–H groups in total. The summed E-state index contributed by atoms with van der Waals surface area (Å²) < 4.78 is 1.72. The van der Waals surface area contributed by atoms with Gasteiger partial charge in [-0.25, -0.2) is 0 Å². The van der Waals surface area contributed by atoms with Crippen LogP contribution in [-0.2, 0) is 11.8 Å². The summed E-state index contributed by atoms with van der Waals surface area (Å²) in [4.78, 5) is 11.9. The van der Waals surface area contributed by atoms with Crippen molar-refractivity contribution >= 4 is 23.3 Å². The average molecular weight is 276 g/mol. The van der Waals surface area contributed by atoms with Gasteiger partial charge in [-0.15, -0.1) is 0 Å². The Bertz CT molecular complexity index is 663. The topological polar surface area (TPSA) is 46.9 Å². The number of fused-ring (bicyclic) bond motifs is 1. The minimum absolute atomic E-state index is 0.0143. The molecule has 1 unspecified atom stereocenters. The SMILES string of the molecule is Cc1nn(C)c2c1C(c1cccc(Cl)c1)CC(=O)N2. The highest BCUT2D eigenvalue weighted by Crippen LogP contribution is 2.39. The molecular formula is C14H14ClN3O. The van der Waals surface area contributed by atoms with Gasteiger partial charge in [0.1, 0.15) is 5.82 Å². The highest BCUT2D eigenvalue weighted by molar-refractivity contribution is 6.30. The van der Waals surface area contributed by atoms with Crippen LogP contribution in [0.4, 0.5) is 5.82 Å². The maximum absolute atomic E-state index is 11.9. The molecule has 0 radical (unpaired) electrons. The van der Waals surface area contributed by atoms with Gasteiger partial charge in [0.2, 0.25) is 5.91 Å². The van der Waals surface area contributed by atoms with E-state index in [2.05, 4.69) is 10.4 Å². The minimum Gasteiger partial charge on any atom is -0.311 e. The Morgan fingerprint density at radius 2 is 2.26 bits per heavy atom. The summed E-state index contributed by atoms with van der Waals surface area (Å²) in [5, 5.41) is 7.97. The number of aromatic nitrogens is 2. The van der Waals surface area contributed by atoms with Crippen LogP contribution in [0.25, 0.3) is 0 Å². The largest absolute Gasteiger partial charge is 0.311 e. The number of anilines is 1. The second-order valence-electron chi connectivity index (χ2n) is 4.83. The third-order valence-electron chi connectivity index (χ3n) is 3.52. The van der Waals surface area contributed by atoms with Crippen molar-refractivity contribution in [2.75, 3.05) is 5.32 Å². The van der Waals surface area contributed by atoms with Crippen LogP contribution < -0.4 is 5.32 Å². The van der Waals surface area contributed by atoms with E-state index in [1.165, 1.54) is 0 Å². The van der Waals surface area contributed by atoms with Crippen LogP contribution in [0.3, 0.4) is 0 Å². The lowest BCUT2D eigenvalue weighted by Gasteiger charge is -2.24. The molecule has 1 aliphatic heterocycles. The number of benzene rings is 1. The van der Waals surface area contributed by atoms with Gasteiger partial charge < -0.3 is 5.32 Å². The van der Waals surface area contributed by atoms with Crippen molar-refractivity contribution in [2.24, 2.45) is 7.05 Å². The summed E-state index contributed by atoms with van der Waals surface area (Å²) >= 11 is 6.05. The van der Waals surface area contributed by atoms with E-state index in [0.29, 0.717) is 11.4 Å². The quantitative estimate of drug-likeness (QED) is 0.870. The molecular weight excluding hydrogens is 262 g/mol. The fourth-order valence-corrected chi connectivity index (χ4v) is 2.92. The highest BCUT2D eigenvalue weighted by atomic mass is 35.5. The van der Waals surface area contributed by atoms with Gasteiger partial charge in [0.25, 0.3) is 0 Å². The summed E-state index contributed by atoms with van der Waals surface area (Å²) in [6.07, 6.45) is 0.430. The Morgan fingerprint density at radius 1 is 1.47 bits per heavy atom. The number of rotatable bonds is 1. The third kappa shape index (κ3) is 2.02. The summed E-state index contributed by atoms with van der Waals surface area (Å²) in [5.41, 5.74) is 3.09. The molecule has 19 heavy (non-hydrogen) atoms. The van der Waals surface area contributed by atoms with Crippen LogP contribution in [0.1, 0.15) is 29.2 Å². The molecule has 2 aromatic rings. The van der Waals surface area contributed by atoms with E-state index in [1.54, 1.807) is 4.68 Å². The normalized spacial score (nSPS) is 18.1. The van der Waals surface area contributed by atoms with Gasteiger partial charge in [0.05, 0.1) is 5.69 Å². The minimum atomic E-state index is 0.0143. The van der Waals surface area contributed by atoms with Gasteiger partial charge in [-0.2, -0.15) is 5.10 Å². The van der Waals surface area contributed by atoms with Crippen LogP contribution in [0.5, 0.6) is 0 Å². The number of amides is 1. The maximum Gasteiger partial charge on any atom is 0.226 e. The molecule has 1 amide bonds. The van der Waals surface area contributed by atoms with Crippen LogP contribution in [-0.4, -0.2) is 15.7 Å². The average Bonchev–Trinajstić information content (AvgIpc) is 2.64. The number of carbonyl (C=O) groups is 1. The van der Waals surface area contributed by atoms with Crippen LogP contribution in [0.2, 0.25) is 5.02 Å². The predicted octanol–water partition coefficient (Wildman–Crippen LogP) is 2.86. The number of carbonyl (C=O) groups excluding carboxylic acids is 1. The molecule has 0 bridgehead atoms. The molecule has 0 saturated heterocycles. The second-order valence-corrected chi connectivity index (χ2v) is 5.27. The molecule has 1 aromatic carbocycles. The van der Waals surface area contributed by atoms with Crippen LogP contribution in [0.15, 0.2) is 24.3 Å². The fourth-order valence-electron chi connectivity index (χ4n) is 2.72. The number of hydrogen-bond acceptors (Lipinski definition) is 2. The van der Waals surface area contributed by atoms with Gasteiger partial charge in [-0.05, 0) is 24.6 Å². The number of nitrogens with one attached hydrogen (secondary N) is 1. The lowest BCUT2D eigenvalue weighted by Crippen LogP contribution is -2.24. The summed E-state index contributed by atoms with van der Waals surface area (Å²) in [5.74, 6) is 0.829. The number of nitrogens with zero attached hydrogens (tertiary/aromatic N) is 2. The predicted molar refractivity (Wildman–Crippen MR) is 74.5 cm³/mol. The molecule has 0 aliphatic carbocycles. The van der Waals surface area contributed by atoms with E-state index in [-0.39, 0.29) is 11.8 Å². The van der Waals surface area contributed by atoms with Crippen molar-refractivity contribution in [3.63, 3.8) is 0 Å². The van der Waals surface area contributed by atoms with Gasteiger partial charge >= 0.3 is 0 Å². The molecule has 4 nitrogen and oxygen atoms in total. The van der Waals surface area contributed by atoms with E-state index < -0.39 is 0 Å². The van der Waals surface area contributed by atoms with Gasteiger partial charge in [0.15, 0.2) is 0 Å². The molecule has 2 heterocycles. The Balaban J connectivity index is 2.16. The van der Waals surface area contributed by atoms with Crippen LogP contribution >= 0.6 is 11.6 Å². The van der Waals surface area contributed by atoms with Crippen LogP contribution in [0, 0.1) is 6.92 Å². The Hall–Kier alpha value is -1.81. The van der Waals surface area contributed by atoms with E-state index >= 15 is 0 Å². The molecule has 1 atom stereocenters. The summed E-state index contributed by atoms with van der Waals surface area (Å²) in [6, 6.07) is 7.67. The zero-order valence-corrected chi connectivity index (χ0v) is 11.5. The summed E-state index contributed by atoms with van der Waals surface area (Å²) in [6.45, 7) is 1.97. The molecule has 0 spiro atoms. The number of halogens is 1. The van der Waals surface area contributed by atoms with Crippen molar-refractivity contribution in [1.29, 1.82) is 0 Å². The first kappa shape index (κ1) is 12.2. The first-order chi connectivity index (χ1) is 9.06. The zero-order chi connectivity index (χ0) is 13.6. The van der Waals surface area contributed by atoms with Gasteiger partial charge in [0, 0.05) is 30.0 Å². The lowest BCUT2D eigenvalue weighted by atomic mass is 9.86. The summed E-state index contributed by atoms with van der Waals surface area (Å²) in [7, 11) is 1.84. The van der Waals surface area contributed by atoms with Crippen molar-refractivity contribution in [2.45, 2.75) is 19.3 Å². The van der Waals surface area contributed by atoms with E-state index in [9.17, 15) is 4.79 Å². The third-order valence-corrected chi connectivity index (χ3v) is 3.75. The number of aryl methyl sites for hydroxylation is 2. The molecule has 0 saturated carbocycles. The molecule has 0 fully saturated rings. The maximum atomic E-state index is 11.9. The van der Waals surface area contributed by atoms with Crippen molar-refractivity contribution in [3.05, 3.63) is 46.1 Å². The zero-order valence-electron chi connectivity index (χ0n) is 10.8. The van der Waals surface area contributed by atoms with E-state index in [1.807, 2.05) is 38.2 Å². The van der Waals surface area contributed by atoms with E-state index in [0.717, 1.165) is 22.6 Å². The Kier molecular flexibility index (Phi) is 2.82. The van der Waals surface area contributed by atoms with Crippen molar-refractivity contribution in [3.8, 4) is 0 Å². The molecule has 3 rings (SSSR count). The Morgan fingerprint density at radius 3 is 3.00 bits per heavy atom. The van der Waals surface area contributed by atoms with Gasteiger partial charge in [-0.1, -0.05) is 23.7 Å². The molecule has 1 aliphatic rings. The van der Waals surface area contributed by atoms with E-state index in [4.69, 9.17) is 11.6 Å². The molecule has 1 aromatic heterocycles. The van der Waals surface area contributed by atoms with Gasteiger partial charge in [-0.3, -0.25) is 9.48 Å². The highest BCUT2D eigenvalue weighted by Gasteiger charge is 2.31. The lowest BCUT2D eigenvalue weighted by molar-refractivity contribution is -0.116. The number of hydrogen-bond donors (Lipinski definition) is 1.